The van der Waals surface area contributed by atoms with Gasteiger partial charge >= 0.3 is 0 Å². The second kappa shape index (κ2) is 7.31. The summed E-state index contributed by atoms with van der Waals surface area (Å²) in [6, 6.07) is 8.61. The van der Waals surface area contributed by atoms with Gasteiger partial charge in [-0.2, -0.15) is 0 Å². The zero-order chi connectivity index (χ0) is 15.2. The third kappa shape index (κ3) is 4.63. The highest BCUT2D eigenvalue weighted by Gasteiger charge is 2.26. The molecular formula is C15H20N2O4. The van der Waals surface area contributed by atoms with Crippen LogP contribution < -0.4 is 5.32 Å². The van der Waals surface area contributed by atoms with Crippen LogP contribution in [0.15, 0.2) is 30.3 Å². The minimum Gasteiger partial charge on any atom is -0.394 e. The van der Waals surface area contributed by atoms with Crippen molar-refractivity contribution in [2.75, 3.05) is 26.2 Å². The van der Waals surface area contributed by atoms with Gasteiger partial charge in [0.25, 0.3) is 5.91 Å². The van der Waals surface area contributed by atoms with Gasteiger partial charge in [-0.3, -0.25) is 19.8 Å². The molecule has 6 heteroatoms. The van der Waals surface area contributed by atoms with Crippen LogP contribution >= 0.6 is 0 Å². The number of carbonyl (C=O) groups is 2. The van der Waals surface area contributed by atoms with Crippen molar-refractivity contribution in [3.63, 3.8) is 0 Å². The van der Waals surface area contributed by atoms with Gasteiger partial charge in [0.2, 0.25) is 5.91 Å². The smallest absolute Gasteiger partial charge is 0.257 e. The van der Waals surface area contributed by atoms with E-state index in [9.17, 15) is 9.59 Å². The van der Waals surface area contributed by atoms with E-state index >= 15 is 0 Å². The third-order valence-electron chi connectivity index (χ3n) is 3.26. The van der Waals surface area contributed by atoms with Crippen LogP contribution in [-0.4, -0.2) is 60.3 Å². The monoisotopic (exact) mass is 292 g/mol. The number of carbonyl (C=O) groups excluding carboxylic acids is 2. The molecule has 0 bridgehead atoms. The summed E-state index contributed by atoms with van der Waals surface area (Å²) in [5.41, 5.74) is 0.453. The maximum Gasteiger partial charge on any atom is 0.257 e. The predicted molar refractivity (Wildman–Crippen MR) is 76.8 cm³/mol. The minimum atomic E-state index is -0.402. The summed E-state index contributed by atoms with van der Waals surface area (Å²) in [7, 11) is 0. The van der Waals surface area contributed by atoms with E-state index in [1.807, 2.05) is 17.9 Å². The molecule has 1 aromatic carbocycles. The molecule has 1 aliphatic rings. The number of hydrogen-bond donors (Lipinski definition) is 2. The summed E-state index contributed by atoms with van der Waals surface area (Å²) >= 11 is 0. The number of aliphatic hydroxyl groups is 1. The van der Waals surface area contributed by atoms with Gasteiger partial charge in [-0.1, -0.05) is 18.2 Å². The molecule has 0 saturated carbocycles. The molecule has 1 aromatic rings. The first-order valence-electron chi connectivity index (χ1n) is 6.96. The summed E-state index contributed by atoms with van der Waals surface area (Å²) in [6.07, 6.45) is -0.333. The SMILES string of the molecule is CC1CN(CC(=O)NC(=O)c2ccccc2)CC(CO)O1. The third-order valence-corrected chi connectivity index (χ3v) is 3.26. The molecule has 0 radical (unpaired) electrons. The molecule has 0 aliphatic carbocycles. The van der Waals surface area contributed by atoms with Gasteiger partial charge < -0.3 is 9.84 Å². The second-order valence-corrected chi connectivity index (χ2v) is 5.19. The Labute approximate surface area is 123 Å². The molecule has 2 rings (SSSR count). The number of nitrogens with zero attached hydrogens (tertiary/aromatic N) is 1. The van der Waals surface area contributed by atoms with E-state index in [4.69, 9.17) is 9.84 Å². The van der Waals surface area contributed by atoms with E-state index in [2.05, 4.69) is 5.32 Å². The molecule has 21 heavy (non-hydrogen) atoms. The van der Waals surface area contributed by atoms with E-state index in [1.165, 1.54) is 0 Å². The number of imide groups is 1. The fourth-order valence-electron chi connectivity index (χ4n) is 2.40. The van der Waals surface area contributed by atoms with Crippen LogP contribution in [0, 0.1) is 0 Å². The average Bonchev–Trinajstić information content (AvgIpc) is 2.47. The van der Waals surface area contributed by atoms with Crippen LogP contribution in [0.25, 0.3) is 0 Å². The number of nitrogens with one attached hydrogen (secondary N) is 1. The van der Waals surface area contributed by atoms with Crippen LogP contribution in [0.5, 0.6) is 0 Å². The maximum absolute atomic E-state index is 11.9. The molecule has 0 aromatic heterocycles. The van der Waals surface area contributed by atoms with Gasteiger partial charge in [0.15, 0.2) is 0 Å². The number of amides is 2. The lowest BCUT2D eigenvalue weighted by molar-refractivity contribution is -0.127. The van der Waals surface area contributed by atoms with Crippen molar-refractivity contribution >= 4 is 11.8 Å². The Morgan fingerprint density at radius 3 is 2.71 bits per heavy atom. The highest BCUT2D eigenvalue weighted by atomic mass is 16.5. The van der Waals surface area contributed by atoms with Crippen LogP contribution in [0.3, 0.4) is 0 Å². The van der Waals surface area contributed by atoms with Crippen LogP contribution in [0.1, 0.15) is 17.3 Å². The first kappa shape index (κ1) is 15.6. The lowest BCUT2D eigenvalue weighted by Crippen LogP contribution is -2.51. The van der Waals surface area contributed by atoms with Gasteiger partial charge in [-0.15, -0.1) is 0 Å². The number of benzene rings is 1. The molecular weight excluding hydrogens is 272 g/mol. The van der Waals surface area contributed by atoms with E-state index in [0.29, 0.717) is 18.7 Å². The number of rotatable bonds is 4. The highest BCUT2D eigenvalue weighted by Crippen LogP contribution is 2.10. The summed E-state index contributed by atoms with van der Waals surface area (Å²) in [4.78, 5) is 25.7. The lowest BCUT2D eigenvalue weighted by atomic mass is 10.2. The number of morpholine rings is 1. The Kier molecular flexibility index (Phi) is 5.44. The molecule has 6 nitrogen and oxygen atoms in total. The van der Waals surface area contributed by atoms with Crippen molar-refractivity contribution in [2.24, 2.45) is 0 Å². The zero-order valence-electron chi connectivity index (χ0n) is 12.0. The highest BCUT2D eigenvalue weighted by molar-refractivity contribution is 6.05. The van der Waals surface area contributed by atoms with Crippen molar-refractivity contribution in [1.29, 1.82) is 0 Å². The average molecular weight is 292 g/mol. The van der Waals surface area contributed by atoms with E-state index < -0.39 is 5.91 Å². The van der Waals surface area contributed by atoms with Crippen LogP contribution in [0.4, 0.5) is 0 Å². The minimum absolute atomic E-state index is 0.0477. The van der Waals surface area contributed by atoms with Gasteiger partial charge in [0.1, 0.15) is 0 Å². The predicted octanol–water partition coefficient (Wildman–Crippen LogP) is 0.0246. The quantitative estimate of drug-likeness (QED) is 0.818. The Balaban J connectivity index is 1.85. The molecule has 1 fully saturated rings. The van der Waals surface area contributed by atoms with Crippen molar-refractivity contribution in [3.8, 4) is 0 Å². The molecule has 1 saturated heterocycles. The fraction of sp³-hybridized carbons (Fsp3) is 0.467. The topological polar surface area (TPSA) is 78.9 Å². The number of aliphatic hydroxyl groups excluding tert-OH is 1. The van der Waals surface area contributed by atoms with Crippen LogP contribution in [0.2, 0.25) is 0 Å². The first-order valence-corrected chi connectivity index (χ1v) is 6.96. The normalized spacial score (nSPS) is 22.8. The van der Waals surface area contributed by atoms with Crippen molar-refractivity contribution in [2.45, 2.75) is 19.1 Å². The van der Waals surface area contributed by atoms with Gasteiger partial charge in [-0.05, 0) is 19.1 Å². The molecule has 114 valence electrons. The van der Waals surface area contributed by atoms with E-state index in [1.54, 1.807) is 24.3 Å². The standard InChI is InChI=1S/C15H20N2O4/c1-11-7-17(8-13(10-18)21-11)9-14(19)16-15(20)12-5-3-2-4-6-12/h2-6,11,13,18H,7-10H2,1H3,(H,16,19,20). The Morgan fingerprint density at radius 1 is 1.33 bits per heavy atom. The molecule has 0 spiro atoms. The Hall–Kier alpha value is -1.76. The fourth-order valence-corrected chi connectivity index (χ4v) is 2.40. The number of ether oxygens (including phenoxy) is 1. The van der Waals surface area contributed by atoms with Crippen LogP contribution in [-0.2, 0) is 9.53 Å². The molecule has 1 heterocycles. The van der Waals surface area contributed by atoms with Crippen molar-refractivity contribution in [1.82, 2.24) is 10.2 Å². The lowest BCUT2D eigenvalue weighted by Gasteiger charge is -2.35. The Morgan fingerprint density at radius 2 is 2.05 bits per heavy atom. The summed E-state index contributed by atoms with van der Waals surface area (Å²) in [6.45, 7) is 3.01. The maximum atomic E-state index is 11.9. The molecule has 1 aliphatic heterocycles. The summed E-state index contributed by atoms with van der Waals surface area (Å²) < 4.78 is 5.51. The van der Waals surface area contributed by atoms with Crippen molar-refractivity contribution < 1.29 is 19.4 Å². The first-order chi connectivity index (χ1) is 10.1. The largest absolute Gasteiger partial charge is 0.394 e. The van der Waals surface area contributed by atoms with Gasteiger partial charge in [0.05, 0.1) is 25.4 Å². The molecule has 2 unspecified atom stereocenters. The summed E-state index contributed by atoms with van der Waals surface area (Å²) in [5, 5.41) is 11.5. The van der Waals surface area contributed by atoms with E-state index in [0.717, 1.165) is 0 Å². The summed E-state index contributed by atoms with van der Waals surface area (Å²) in [5.74, 6) is -0.754. The van der Waals surface area contributed by atoms with E-state index in [-0.39, 0.29) is 31.3 Å². The molecule has 2 atom stereocenters. The number of hydrogen-bond acceptors (Lipinski definition) is 5. The van der Waals surface area contributed by atoms with Gasteiger partial charge in [-0.25, -0.2) is 0 Å². The second-order valence-electron chi connectivity index (χ2n) is 5.19. The molecule has 2 N–H and O–H groups in total. The van der Waals surface area contributed by atoms with Crippen molar-refractivity contribution in [3.05, 3.63) is 35.9 Å². The Bertz CT molecular complexity index is 492. The molecule has 2 amide bonds. The zero-order valence-corrected chi connectivity index (χ0v) is 12.0. The van der Waals surface area contributed by atoms with Gasteiger partial charge in [0, 0.05) is 18.7 Å².